The van der Waals surface area contributed by atoms with Gasteiger partial charge in [-0.25, -0.2) is 4.98 Å². The van der Waals surface area contributed by atoms with Gasteiger partial charge in [0.05, 0.1) is 12.8 Å². The van der Waals surface area contributed by atoms with Crippen LogP contribution in [0.1, 0.15) is 34.3 Å². The molecule has 24 heavy (non-hydrogen) atoms. The molecular formula is C17H20N4O3. The number of aromatic amines is 1. The van der Waals surface area contributed by atoms with Crippen LogP contribution >= 0.6 is 0 Å². The van der Waals surface area contributed by atoms with Crippen LogP contribution in [0, 0.1) is 6.92 Å². The van der Waals surface area contributed by atoms with Crippen LogP contribution in [0.2, 0.25) is 0 Å². The van der Waals surface area contributed by atoms with Crippen LogP contribution in [0.4, 0.5) is 5.69 Å². The number of hydrogen-bond donors (Lipinski definition) is 2. The van der Waals surface area contributed by atoms with Crippen LogP contribution in [0.15, 0.2) is 24.3 Å². The maximum Gasteiger partial charge on any atom is 0.271 e. The Morgan fingerprint density at radius 1 is 1.42 bits per heavy atom. The first-order chi connectivity index (χ1) is 11.5. The molecular weight excluding hydrogens is 308 g/mol. The molecule has 1 aliphatic heterocycles. The predicted molar refractivity (Wildman–Crippen MR) is 89.4 cm³/mol. The summed E-state index contributed by atoms with van der Waals surface area (Å²) in [6.07, 6.45) is 0.345. The number of H-pyrrole nitrogens is 1. The van der Waals surface area contributed by atoms with Gasteiger partial charge in [0, 0.05) is 31.6 Å². The van der Waals surface area contributed by atoms with E-state index in [0.717, 1.165) is 5.69 Å². The Morgan fingerprint density at radius 2 is 2.17 bits per heavy atom. The van der Waals surface area contributed by atoms with Gasteiger partial charge < -0.3 is 19.9 Å². The molecule has 1 aliphatic rings. The summed E-state index contributed by atoms with van der Waals surface area (Å²) in [5, 5.41) is 2.57. The van der Waals surface area contributed by atoms with E-state index in [4.69, 9.17) is 4.74 Å². The molecule has 0 radical (unpaired) electrons. The summed E-state index contributed by atoms with van der Waals surface area (Å²) in [7, 11) is 3.15. The second-order valence-corrected chi connectivity index (χ2v) is 5.75. The van der Waals surface area contributed by atoms with E-state index >= 15 is 0 Å². The van der Waals surface area contributed by atoms with Gasteiger partial charge in [0.15, 0.2) is 0 Å². The number of hydrogen-bond acceptors (Lipinski definition) is 4. The molecule has 1 aromatic carbocycles. The molecule has 0 aliphatic carbocycles. The van der Waals surface area contributed by atoms with Crippen molar-refractivity contribution >= 4 is 17.5 Å². The standard InChI is InChI=1S/C17H20N4O3/c1-10-15(17(23)18-2)20-16(19-10)11-8-14(22)21(9-11)12-6-4-5-7-13(12)24-3/h4-7,11H,8-9H2,1-3H3,(H,18,23)(H,19,20)/t11-/m0/s1. The fourth-order valence-corrected chi connectivity index (χ4v) is 2.99. The van der Waals surface area contributed by atoms with Gasteiger partial charge in [0.2, 0.25) is 5.91 Å². The normalized spacial score (nSPS) is 17.2. The van der Waals surface area contributed by atoms with E-state index in [1.54, 1.807) is 26.0 Å². The second-order valence-electron chi connectivity index (χ2n) is 5.75. The summed E-state index contributed by atoms with van der Waals surface area (Å²) >= 11 is 0. The summed E-state index contributed by atoms with van der Waals surface area (Å²) in [6, 6.07) is 7.43. The van der Waals surface area contributed by atoms with Gasteiger partial charge in [-0.15, -0.1) is 0 Å². The molecule has 0 spiro atoms. The summed E-state index contributed by atoms with van der Waals surface area (Å²) in [6.45, 7) is 2.30. The molecule has 2 N–H and O–H groups in total. The number of carbonyl (C=O) groups excluding carboxylic acids is 2. The number of anilines is 1. The largest absolute Gasteiger partial charge is 0.495 e. The Bertz CT molecular complexity index is 784. The number of imidazole rings is 1. The third-order valence-electron chi connectivity index (χ3n) is 4.23. The molecule has 2 amide bonds. The summed E-state index contributed by atoms with van der Waals surface area (Å²) in [5.41, 5.74) is 1.82. The Balaban J connectivity index is 1.86. The number of amides is 2. The lowest BCUT2D eigenvalue weighted by Gasteiger charge is -2.19. The number of carbonyl (C=O) groups is 2. The van der Waals surface area contributed by atoms with Gasteiger partial charge in [-0.1, -0.05) is 12.1 Å². The minimum atomic E-state index is -0.235. The smallest absolute Gasteiger partial charge is 0.271 e. The Hall–Kier alpha value is -2.83. The first-order valence-corrected chi connectivity index (χ1v) is 7.77. The second kappa shape index (κ2) is 6.35. The van der Waals surface area contributed by atoms with Crippen LogP contribution in [0.3, 0.4) is 0 Å². The van der Waals surface area contributed by atoms with Crippen molar-refractivity contribution in [2.75, 3.05) is 25.6 Å². The number of aryl methyl sites for hydroxylation is 1. The zero-order chi connectivity index (χ0) is 17.3. The fraction of sp³-hybridized carbons (Fsp3) is 0.353. The van der Waals surface area contributed by atoms with E-state index in [0.29, 0.717) is 35.9 Å². The molecule has 0 saturated carbocycles. The van der Waals surface area contributed by atoms with Gasteiger partial charge in [0.25, 0.3) is 5.91 Å². The lowest BCUT2D eigenvalue weighted by atomic mass is 10.1. The van der Waals surface area contributed by atoms with E-state index in [-0.39, 0.29) is 17.7 Å². The van der Waals surface area contributed by atoms with Crippen LogP contribution in [-0.4, -0.2) is 42.5 Å². The van der Waals surface area contributed by atoms with Crippen molar-refractivity contribution in [3.8, 4) is 5.75 Å². The highest BCUT2D eigenvalue weighted by molar-refractivity contribution is 5.98. The van der Waals surface area contributed by atoms with E-state index in [2.05, 4.69) is 15.3 Å². The zero-order valence-corrected chi connectivity index (χ0v) is 13.9. The number of aromatic nitrogens is 2. The molecule has 0 unspecified atom stereocenters. The van der Waals surface area contributed by atoms with E-state index in [9.17, 15) is 9.59 Å². The highest BCUT2D eigenvalue weighted by Crippen LogP contribution is 2.35. The van der Waals surface area contributed by atoms with Gasteiger partial charge in [-0.3, -0.25) is 9.59 Å². The van der Waals surface area contributed by atoms with Crippen LogP contribution < -0.4 is 15.0 Å². The van der Waals surface area contributed by atoms with Crippen molar-refractivity contribution in [3.63, 3.8) is 0 Å². The first kappa shape index (κ1) is 16.0. The molecule has 2 heterocycles. The van der Waals surface area contributed by atoms with Gasteiger partial charge in [-0.2, -0.15) is 0 Å². The average molecular weight is 328 g/mol. The number of methoxy groups -OCH3 is 1. The number of nitrogens with zero attached hydrogens (tertiary/aromatic N) is 2. The maximum atomic E-state index is 12.5. The number of para-hydroxylation sites is 2. The Morgan fingerprint density at radius 3 is 2.88 bits per heavy atom. The molecule has 0 bridgehead atoms. The molecule has 1 fully saturated rings. The molecule has 1 saturated heterocycles. The van der Waals surface area contributed by atoms with E-state index in [1.165, 1.54) is 0 Å². The molecule has 1 aromatic heterocycles. The third-order valence-corrected chi connectivity index (χ3v) is 4.23. The quantitative estimate of drug-likeness (QED) is 0.892. The lowest BCUT2D eigenvalue weighted by Crippen LogP contribution is -2.24. The van der Waals surface area contributed by atoms with Gasteiger partial charge >= 0.3 is 0 Å². The van der Waals surface area contributed by atoms with Gasteiger partial charge in [0.1, 0.15) is 17.3 Å². The molecule has 7 nitrogen and oxygen atoms in total. The zero-order valence-electron chi connectivity index (χ0n) is 13.9. The molecule has 2 aromatic rings. The maximum absolute atomic E-state index is 12.5. The summed E-state index contributed by atoms with van der Waals surface area (Å²) in [4.78, 5) is 33.5. The van der Waals surface area contributed by atoms with Crippen molar-refractivity contribution in [2.24, 2.45) is 0 Å². The minimum Gasteiger partial charge on any atom is -0.495 e. The lowest BCUT2D eigenvalue weighted by molar-refractivity contribution is -0.117. The van der Waals surface area contributed by atoms with E-state index < -0.39 is 0 Å². The predicted octanol–water partition coefficient (Wildman–Crippen LogP) is 1.61. The topological polar surface area (TPSA) is 87.3 Å². The molecule has 126 valence electrons. The molecule has 1 atom stereocenters. The molecule has 7 heteroatoms. The minimum absolute atomic E-state index is 0.0139. The highest BCUT2D eigenvalue weighted by Gasteiger charge is 2.35. The van der Waals surface area contributed by atoms with Crippen molar-refractivity contribution in [1.29, 1.82) is 0 Å². The van der Waals surface area contributed by atoms with E-state index in [1.807, 2.05) is 24.3 Å². The monoisotopic (exact) mass is 328 g/mol. The summed E-state index contributed by atoms with van der Waals surface area (Å²) in [5.74, 6) is 1.02. The van der Waals surface area contributed by atoms with Gasteiger partial charge in [-0.05, 0) is 19.1 Å². The highest BCUT2D eigenvalue weighted by atomic mass is 16.5. The number of benzene rings is 1. The average Bonchev–Trinajstić information content (AvgIpc) is 3.17. The molecule has 3 rings (SSSR count). The van der Waals surface area contributed by atoms with Crippen LogP contribution in [-0.2, 0) is 4.79 Å². The van der Waals surface area contributed by atoms with Crippen molar-refractivity contribution in [2.45, 2.75) is 19.3 Å². The summed E-state index contributed by atoms with van der Waals surface area (Å²) < 4.78 is 5.35. The van der Waals surface area contributed by atoms with Crippen molar-refractivity contribution in [1.82, 2.24) is 15.3 Å². The third kappa shape index (κ3) is 2.73. The number of rotatable bonds is 4. The van der Waals surface area contributed by atoms with Crippen LogP contribution in [0.5, 0.6) is 5.75 Å². The van der Waals surface area contributed by atoms with Crippen molar-refractivity contribution < 1.29 is 14.3 Å². The SMILES string of the molecule is CNC(=O)c1nc([C@H]2CC(=O)N(c3ccccc3OC)C2)[nH]c1C. The number of nitrogens with one attached hydrogen (secondary N) is 2. The first-order valence-electron chi connectivity index (χ1n) is 7.77. The van der Waals surface area contributed by atoms with Crippen molar-refractivity contribution in [3.05, 3.63) is 41.5 Å². The van der Waals surface area contributed by atoms with Crippen LogP contribution in [0.25, 0.3) is 0 Å². The number of ether oxygens (including phenoxy) is 1. The Labute approximate surface area is 140 Å². The Kier molecular flexibility index (Phi) is 4.24. The fourth-order valence-electron chi connectivity index (χ4n) is 2.99.